The van der Waals surface area contributed by atoms with Crippen LogP contribution in [0.25, 0.3) is 10.2 Å². The summed E-state index contributed by atoms with van der Waals surface area (Å²) in [5.41, 5.74) is 1.68. The minimum atomic E-state index is -0.537. The molecule has 0 saturated carbocycles. The van der Waals surface area contributed by atoms with Crippen molar-refractivity contribution in [2.24, 2.45) is 10.4 Å². The highest BCUT2D eigenvalue weighted by atomic mass is 32.1. The van der Waals surface area contributed by atoms with E-state index in [1.165, 1.54) is 24.0 Å². The van der Waals surface area contributed by atoms with Crippen LogP contribution in [0.3, 0.4) is 0 Å². The lowest BCUT2D eigenvalue weighted by molar-refractivity contribution is -0.140. The molecule has 0 saturated heterocycles. The zero-order valence-corrected chi connectivity index (χ0v) is 15.7. The van der Waals surface area contributed by atoms with Crippen molar-refractivity contribution < 1.29 is 14.3 Å². The number of rotatable bonds is 4. The number of thiazole rings is 1. The predicted molar refractivity (Wildman–Crippen MR) is 95.9 cm³/mol. The van der Waals surface area contributed by atoms with E-state index in [4.69, 9.17) is 4.74 Å². The lowest BCUT2D eigenvalue weighted by Crippen LogP contribution is -2.24. The summed E-state index contributed by atoms with van der Waals surface area (Å²) in [4.78, 5) is 28.8. The fraction of sp³-hybridized carbons (Fsp3) is 0.500. The summed E-state index contributed by atoms with van der Waals surface area (Å²) in [5.74, 6) is -0.447. The summed E-state index contributed by atoms with van der Waals surface area (Å²) < 4.78 is 7.73. The molecule has 130 valence electrons. The lowest BCUT2D eigenvalue weighted by Gasteiger charge is -2.12. The van der Waals surface area contributed by atoms with Crippen molar-refractivity contribution in [3.63, 3.8) is 0 Å². The normalized spacial score (nSPS) is 12.6. The second-order valence-corrected chi connectivity index (χ2v) is 7.69. The fourth-order valence-electron chi connectivity index (χ4n) is 2.20. The molecule has 1 aromatic carbocycles. The lowest BCUT2D eigenvalue weighted by atomic mass is 9.96. The number of hydrogen-bond donors (Lipinski definition) is 0. The van der Waals surface area contributed by atoms with Gasteiger partial charge in [-0.1, -0.05) is 45.1 Å². The molecule has 0 atom stereocenters. The fourth-order valence-corrected chi connectivity index (χ4v) is 3.32. The quantitative estimate of drug-likeness (QED) is 0.797. The number of nitrogens with zero attached hydrogens (tertiary/aromatic N) is 2. The molecule has 5 nitrogen and oxygen atoms in total. The predicted octanol–water partition coefficient (Wildman–Crippen LogP) is 3.30. The van der Waals surface area contributed by atoms with Crippen LogP contribution >= 0.6 is 11.3 Å². The Labute approximate surface area is 146 Å². The number of aryl methyl sites for hydroxylation is 2. The third-order valence-corrected chi connectivity index (χ3v) is 4.80. The number of amides is 1. The summed E-state index contributed by atoms with van der Waals surface area (Å²) in [7, 11) is 1.38. The van der Waals surface area contributed by atoms with E-state index in [2.05, 4.69) is 24.0 Å². The van der Waals surface area contributed by atoms with Crippen molar-refractivity contribution in [2.45, 2.75) is 47.1 Å². The standard InChI is InChI=1S/C18H24N2O3S/c1-6-12-7-8-13-14(11-12)24-17(19-16(22)18(2,3)4)20(13)10-9-15(21)23-5/h7-8,11H,6,9-10H2,1-5H3. The molecule has 0 aliphatic rings. The summed E-state index contributed by atoms with van der Waals surface area (Å²) >= 11 is 1.48. The van der Waals surface area contributed by atoms with Crippen LogP contribution in [0.2, 0.25) is 0 Å². The first kappa shape index (κ1) is 18.4. The van der Waals surface area contributed by atoms with E-state index in [1.807, 2.05) is 31.4 Å². The number of fused-ring (bicyclic) bond motifs is 1. The van der Waals surface area contributed by atoms with Crippen molar-refractivity contribution in [2.75, 3.05) is 7.11 Å². The largest absolute Gasteiger partial charge is 0.469 e. The molecule has 24 heavy (non-hydrogen) atoms. The molecule has 1 aromatic heterocycles. The van der Waals surface area contributed by atoms with E-state index in [9.17, 15) is 9.59 Å². The molecule has 6 heteroatoms. The van der Waals surface area contributed by atoms with Crippen molar-refractivity contribution in [3.8, 4) is 0 Å². The van der Waals surface area contributed by atoms with Gasteiger partial charge in [-0.25, -0.2) is 0 Å². The molecular weight excluding hydrogens is 324 g/mol. The van der Waals surface area contributed by atoms with E-state index in [-0.39, 0.29) is 18.3 Å². The third kappa shape index (κ3) is 4.12. The summed E-state index contributed by atoms with van der Waals surface area (Å²) in [6.45, 7) is 8.09. The Morgan fingerprint density at radius 3 is 2.58 bits per heavy atom. The van der Waals surface area contributed by atoms with Gasteiger partial charge < -0.3 is 9.30 Å². The van der Waals surface area contributed by atoms with Crippen LogP contribution in [0.4, 0.5) is 0 Å². The second-order valence-electron chi connectivity index (χ2n) is 6.68. The van der Waals surface area contributed by atoms with Crippen LogP contribution in [0.5, 0.6) is 0 Å². The van der Waals surface area contributed by atoms with Crippen LogP contribution in [-0.4, -0.2) is 23.6 Å². The average Bonchev–Trinajstić information content (AvgIpc) is 2.87. The zero-order chi connectivity index (χ0) is 17.9. The van der Waals surface area contributed by atoms with Gasteiger partial charge in [0.25, 0.3) is 5.91 Å². The average molecular weight is 348 g/mol. The van der Waals surface area contributed by atoms with Crippen molar-refractivity contribution in [3.05, 3.63) is 28.6 Å². The second kappa shape index (κ2) is 7.30. The summed E-state index contributed by atoms with van der Waals surface area (Å²) in [5, 5.41) is 0. The van der Waals surface area contributed by atoms with Gasteiger partial charge in [0.1, 0.15) is 0 Å². The van der Waals surface area contributed by atoms with Crippen molar-refractivity contribution in [1.82, 2.24) is 4.57 Å². The summed E-state index contributed by atoms with van der Waals surface area (Å²) in [6, 6.07) is 6.22. The number of esters is 1. The van der Waals surface area contributed by atoms with Crippen LogP contribution in [0.1, 0.15) is 39.7 Å². The molecule has 2 rings (SSSR count). The molecule has 1 amide bonds. The molecular formula is C18H24N2O3S. The Bertz CT molecular complexity index is 825. The van der Waals surface area contributed by atoms with Crippen molar-refractivity contribution in [1.29, 1.82) is 0 Å². The number of carbonyl (C=O) groups is 2. The van der Waals surface area contributed by atoms with Gasteiger partial charge in [-0.05, 0) is 24.1 Å². The van der Waals surface area contributed by atoms with Gasteiger partial charge in [0.2, 0.25) is 0 Å². The van der Waals surface area contributed by atoms with Crippen LogP contribution in [0.15, 0.2) is 23.2 Å². The maximum Gasteiger partial charge on any atom is 0.307 e. The monoisotopic (exact) mass is 348 g/mol. The number of ether oxygens (including phenoxy) is 1. The number of aromatic nitrogens is 1. The molecule has 0 fully saturated rings. The maximum atomic E-state index is 12.3. The van der Waals surface area contributed by atoms with E-state index < -0.39 is 5.41 Å². The molecule has 0 aliphatic carbocycles. The van der Waals surface area contributed by atoms with E-state index >= 15 is 0 Å². The molecule has 0 unspecified atom stereocenters. The molecule has 0 bridgehead atoms. The van der Waals surface area contributed by atoms with Crippen LogP contribution in [0, 0.1) is 5.41 Å². The van der Waals surface area contributed by atoms with Gasteiger partial charge in [-0.3, -0.25) is 9.59 Å². The van der Waals surface area contributed by atoms with Crippen LogP contribution < -0.4 is 4.80 Å². The number of hydrogen-bond acceptors (Lipinski definition) is 4. The smallest absolute Gasteiger partial charge is 0.307 e. The van der Waals surface area contributed by atoms with Crippen LogP contribution in [-0.2, 0) is 27.3 Å². The van der Waals surface area contributed by atoms with Gasteiger partial charge in [0, 0.05) is 12.0 Å². The van der Waals surface area contributed by atoms with Gasteiger partial charge in [-0.2, -0.15) is 4.99 Å². The van der Waals surface area contributed by atoms with E-state index in [0.29, 0.717) is 11.3 Å². The van der Waals surface area contributed by atoms with Gasteiger partial charge in [-0.15, -0.1) is 0 Å². The molecule has 0 spiro atoms. The topological polar surface area (TPSA) is 60.7 Å². The number of carbonyl (C=O) groups excluding carboxylic acids is 2. The molecule has 0 N–H and O–H groups in total. The van der Waals surface area contributed by atoms with Gasteiger partial charge in [0.05, 0.1) is 23.7 Å². The number of methoxy groups -OCH3 is 1. The molecule has 1 heterocycles. The Hall–Kier alpha value is -1.95. The first-order chi connectivity index (χ1) is 11.3. The summed E-state index contributed by atoms with van der Waals surface area (Å²) in [6.07, 6.45) is 1.19. The highest BCUT2D eigenvalue weighted by Gasteiger charge is 2.21. The first-order valence-corrected chi connectivity index (χ1v) is 8.86. The Morgan fingerprint density at radius 1 is 1.29 bits per heavy atom. The van der Waals surface area contributed by atoms with E-state index in [1.54, 1.807) is 0 Å². The van der Waals surface area contributed by atoms with E-state index in [0.717, 1.165) is 16.6 Å². The molecule has 2 aromatic rings. The highest BCUT2D eigenvalue weighted by Crippen LogP contribution is 2.21. The number of benzene rings is 1. The molecule has 0 aliphatic heterocycles. The maximum absolute atomic E-state index is 12.3. The van der Waals surface area contributed by atoms with Gasteiger partial charge >= 0.3 is 5.97 Å². The Kier molecular flexibility index (Phi) is 5.59. The minimum Gasteiger partial charge on any atom is -0.469 e. The highest BCUT2D eigenvalue weighted by molar-refractivity contribution is 7.16. The Balaban J connectivity index is 2.56. The Morgan fingerprint density at radius 2 is 2.00 bits per heavy atom. The zero-order valence-electron chi connectivity index (χ0n) is 14.9. The van der Waals surface area contributed by atoms with Crippen molar-refractivity contribution >= 4 is 33.4 Å². The van der Waals surface area contributed by atoms with Gasteiger partial charge in [0.15, 0.2) is 4.80 Å². The SMILES string of the molecule is CCc1ccc2c(c1)sc(=NC(=O)C(C)(C)C)n2CCC(=O)OC. The minimum absolute atomic E-state index is 0.170. The third-order valence-electron chi connectivity index (χ3n) is 3.76. The molecule has 0 radical (unpaired) electrons. The first-order valence-electron chi connectivity index (χ1n) is 8.04.